The van der Waals surface area contributed by atoms with Gasteiger partial charge in [0.1, 0.15) is 0 Å². The molecule has 0 saturated carbocycles. The zero-order chi connectivity index (χ0) is 12.5. The van der Waals surface area contributed by atoms with Crippen LogP contribution in [-0.2, 0) is 0 Å². The monoisotopic (exact) mass is 240 g/mol. The summed E-state index contributed by atoms with van der Waals surface area (Å²) in [4.78, 5) is 12.1. The molecule has 0 aromatic carbocycles. The summed E-state index contributed by atoms with van der Waals surface area (Å²) in [6.45, 7) is 2.66. The van der Waals surface area contributed by atoms with E-state index in [9.17, 15) is 0 Å². The molecule has 0 spiro atoms. The van der Waals surface area contributed by atoms with Gasteiger partial charge in [0.25, 0.3) is 0 Å². The Hall–Kier alpha value is -1.67. The number of rotatable bonds is 8. The van der Waals surface area contributed by atoms with E-state index in [-0.39, 0.29) is 5.95 Å². The zero-order valence-corrected chi connectivity index (χ0v) is 9.82. The summed E-state index contributed by atoms with van der Waals surface area (Å²) < 4.78 is 0. The maximum Gasteiger partial charge on any atom is 0.229 e. The Morgan fingerprint density at radius 3 is 1.71 bits per heavy atom. The van der Waals surface area contributed by atoms with E-state index >= 15 is 0 Å². The Balaban J connectivity index is 2.53. The highest BCUT2D eigenvalue weighted by atomic mass is 15.2. The summed E-state index contributed by atoms with van der Waals surface area (Å²) in [5, 5.41) is 6.06. The van der Waals surface area contributed by atoms with E-state index in [0.29, 0.717) is 38.1 Å². The first kappa shape index (κ1) is 13.4. The minimum absolute atomic E-state index is 0.186. The zero-order valence-electron chi connectivity index (χ0n) is 9.82. The third kappa shape index (κ3) is 5.27. The summed E-state index contributed by atoms with van der Waals surface area (Å²) in [6.07, 6.45) is 1.70. The molecule has 0 aliphatic heterocycles. The minimum Gasteiger partial charge on any atom is -0.368 e. The SMILES string of the molecule is NCCCNc1nc(N)nc(NCCCN)n1. The number of hydrogen-bond acceptors (Lipinski definition) is 8. The van der Waals surface area contributed by atoms with Crippen molar-refractivity contribution in [3.8, 4) is 0 Å². The lowest BCUT2D eigenvalue weighted by Crippen LogP contribution is -2.15. The van der Waals surface area contributed by atoms with Gasteiger partial charge in [-0.1, -0.05) is 0 Å². The molecule has 0 fully saturated rings. The van der Waals surface area contributed by atoms with E-state index in [1.165, 1.54) is 0 Å². The van der Waals surface area contributed by atoms with Crippen LogP contribution in [0.5, 0.6) is 0 Å². The molecule has 0 atom stereocenters. The highest BCUT2D eigenvalue weighted by molar-refractivity contribution is 5.39. The Labute approximate surface area is 100 Å². The van der Waals surface area contributed by atoms with E-state index in [2.05, 4.69) is 25.6 Å². The van der Waals surface area contributed by atoms with E-state index in [1.807, 2.05) is 0 Å². The quantitative estimate of drug-likeness (QED) is 0.363. The smallest absolute Gasteiger partial charge is 0.229 e. The lowest BCUT2D eigenvalue weighted by molar-refractivity contribution is 0.850. The number of nitrogens with zero attached hydrogens (tertiary/aromatic N) is 3. The fourth-order valence-corrected chi connectivity index (χ4v) is 1.15. The first-order chi connectivity index (χ1) is 8.26. The van der Waals surface area contributed by atoms with Gasteiger partial charge < -0.3 is 27.8 Å². The van der Waals surface area contributed by atoms with Crippen molar-refractivity contribution >= 4 is 17.8 Å². The fraction of sp³-hybridized carbons (Fsp3) is 0.667. The van der Waals surface area contributed by atoms with Crippen molar-refractivity contribution in [3.05, 3.63) is 0 Å². The van der Waals surface area contributed by atoms with E-state index < -0.39 is 0 Å². The highest BCUT2D eigenvalue weighted by Gasteiger charge is 2.02. The average Bonchev–Trinajstić information content (AvgIpc) is 2.29. The molecule has 8 nitrogen and oxygen atoms in total. The molecule has 8 heteroatoms. The topological polar surface area (TPSA) is 141 Å². The van der Waals surface area contributed by atoms with Crippen molar-refractivity contribution in [1.29, 1.82) is 0 Å². The second kappa shape index (κ2) is 7.58. The molecule has 1 rings (SSSR count). The molecule has 0 unspecified atom stereocenters. The predicted molar refractivity (Wildman–Crippen MR) is 68.6 cm³/mol. The summed E-state index contributed by atoms with van der Waals surface area (Å²) in [5.41, 5.74) is 16.4. The average molecular weight is 240 g/mol. The van der Waals surface area contributed by atoms with Crippen molar-refractivity contribution in [2.24, 2.45) is 11.5 Å². The molecule has 0 aliphatic rings. The molecule has 0 aliphatic carbocycles. The van der Waals surface area contributed by atoms with Crippen LogP contribution in [0.2, 0.25) is 0 Å². The Kier molecular flexibility index (Phi) is 5.97. The Morgan fingerprint density at radius 1 is 0.824 bits per heavy atom. The first-order valence-electron chi connectivity index (χ1n) is 5.65. The van der Waals surface area contributed by atoms with Crippen LogP contribution < -0.4 is 27.8 Å². The number of anilines is 3. The normalized spacial score (nSPS) is 10.2. The molecule has 1 aromatic heterocycles. The lowest BCUT2D eigenvalue weighted by atomic mass is 10.4. The van der Waals surface area contributed by atoms with Gasteiger partial charge in [0.15, 0.2) is 0 Å². The summed E-state index contributed by atoms with van der Waals surface area (Å²) in [6, 6.07) is 0. The summed E-state index contributed by atoms with van der Waals surface area (Å²) >= 11 is 0. The Morgan fingerprint density at radius 2 is 1.29 bits per heavy atom. The number of nitrogen functional groups attached to an aromatic ring is 1. The molecular formula is C9H20N8. The lowest BCUT2D eigenvalue weighted by Gasteiger charge is -2.07. The third-order valence-electron chi connectivity index (χ3n) is 1.98. The van der Waals surface area contributed by atoms with Gasteiger partial charge in [-0.15, -0.1) is 0 Å². The van der Waals surface area contributed by atoms with Gasteiger partial charge in [0.2, 0.25) is 17.8 Å². The number of nitrogens with two attached hydrogens (primary N) is 3. The van der Waals surface area contributed by atoms with Crippen LogP contribution in [0.3, 0.4) is 0 Å². The van der Waals surface area contributed by atoms with Crippen molar-refractivity contribution in [1.82, 2.24) is 15.0 Å². The maximum absolute atomic E-state index is 5.58. The molecule has 96 valence electrons. The first-order valence-corrected chi connectivity index (χ1v) is 5.65. The fourth-order valence-electron chi connectivity index (χ4n) is 1.15. The van der Waals surface area contributed by atoms with Gasteiger partial charge in [-0.2, -0.15) is 15.0 Å². The molecule has 1 heterocycles. The van der Waals surface area contributed by atoms with Gasteiger partial charge in [0, 0.05) is 13.1 Å². The second-order valence-corrected chi connectivity index (χ2v) is 3.48. The molecule has 17 heavy (non-hydrogen) atoms. The highest BCUT2D eigenvalue weighted by Crippen LogP contribution is 2.06. The Bertz CT molecular complexity index is 301. The molecule has 0 radical (unpaired) electrons. The molecule has 0 bridgehead atoms. The van der Waals surface area contributed by atoms with Crippen LogP contribution in [0, 0.1) is 0 Å². The maximum atomic E-state index is 5.58. The summed E-state index contributed by atoms with van der Waals surface area (Å²) in [7, 11) is 0. The predicted octanol–water partition coefficient (Wildman–Crippen LogP) is -1.02. The van der Waals surface area contributed by atoms with Crippen molar-refractivity contribution in [2.45, 2.75) is 12.8 Å². The van der Waals surface area contributed by atoms with Crippen LogP contribution in [0.1, 0.15) is 12.8 Å². The number of hydrogen-bond donors (Lipinski definition) is 5. The van der Waals surface area contributed by atoms with Crippen LogP contribution >= 0.6 is 0 Å². The molecule has 0 amide bonds. The van der Waals surface area contributed by atoms with Crippen LogP contribution in [0.25, 0.3) is 0 Å². The van der Waals surface area contributed by atoms with Gasteiger partial charge in [-0.05, 0) is 25.9 Å². The van der Waals surface area contributed by atoms with Gasteiger partial charge in [-0.25, -0.2) is 0 Å². The molecular weight excluding hydrogens is 220 g/mol. The summed E-state index contributed by atoms with van der Waals surface area (Å²) in [5.74, 6) is 1.10. The van der Waals surface area contributed by atoms with E-state index in [0.717, 1.165) is 12.8 Å². The largest absolute Gasteiger partial charge is 0.368 e. The number of aromatic nitrogens is 3. The van der Waals surface area contributed by atoms with Gasteiger partial charge in [0.05, 0.1) is 0 Å². The third-order valence-corrected chi connectivity index (χ3v) is 1.98. The number of nitrogens with one attached hydrogen (secondary N) is 2. The van der Waals surface area contributed by atoms with Crippen LogP contribution in [0.4, 0.5) is 17.8 Å². The second-order valence-electron chi connectivity index (χ2n) is 3.48. The van der Waals surface area contributed by atoms with Crippen molar-refractivity contribution < 1.29 is 0 Å². The van der Waals surface area contributed by atoms with Gasteiger partial charge >= 0.3 is 0 Å². The van der Waals surface area contributed by atoms with Crippen LogP contribution in [-0.4, -0.2) is 41.1 Å². The van der Waals surface area contributed by atoms with Crippen molar-refractivity contribution in [3.63, 3.8) is 0 Å². The van der Waals surface area contributed by atoms with Crippen LogP contribution in [0.15, 0.2) is 0 Å². The van der Waals surface area contributed by atoms with E-state index in [1.54, 1.807) is 0 Å². The van der Waals surface area contributed by atoms with E-state index in [4.69, 9.17) is 17.2 Å². The molecule has 0 saturated heterocycles. The van der Waals surface area contributed by atoms with Crippen molar-refractivity contribution in [2.75, 3.05) is 42.5 Å². The molecule has 8 N–H and O–H groups in total. The van der Waals surface area contributed by atoms with Gasteiger partial charge in [-0.3, -0.25) is 0 Å². The molecule has 1 aromatic rings. The minimum atomic E-state index is 0.186. The standard InChI is InChI=1S/C9H20N8/c10-3-1-5-13-8-15-7(12)16-9(17-8)14-6-2-4-11/h1-6,10-11H2,(H4,12,13,14,15,16,17).